The maximum atomic E-state index is 7.32. The zero-order valence-electron chi connectivity index (χ0n) is 13.8. The summed E-state index contributed by atoms with van der Waals surface area (Å²) in [5, 5.41) is 0. The van der Waals surface area contributed by atoms with Crippen molar-refractivity contribution in [2.24, 2.45) is 0 Å². The van der Waals surface area contributed by atoms with Gasteiger partial charge in [-0.05, 0) is 0 Å². The van der Waals surface area contributed by atoms with Gasteiger partial charge >= 0.3 is 134 Å². The van der Waals surface area contributed by atoms with Gasteiger partial charge in [0.2, 0.25) is 0 Å². The van der Waals surface area contributed by atoms with Crippen LogP contribution in [0.3, 0.4) is 0 Å². The molecule has 0 N–H and O–H groups in total. The van der Waals surface area contributed by atoms with E-state index in [-0.39, 0.29) is 7.78 Å². The third-order valence-corrected chi connectivity index (χ3v) is 23.7. The summed E-state index contributed by atoms with van der Waals surface area (Å²) in [4.78, 5) is 2.08. The predicted molar refractivity (Wildman–Crippen MR) is 91.5 cm³/mol. The zero-order valence-corrected chi connectivity index (χ0v) is 16.9. The van der Waals surface area contributed by atoms with Gasteiger partial charge in [-0.3, -0.25) is 0 Å². The molecule has 0 bridgehead atoms. The molecule has 0 heterocycles. The van der Waals surface area contributed by atoms with Crippen molar-refractivity contribution in [3.8, 4) is 0 Å². The molecule has 4 heteroatoms. The van der Waals surface area contributed by atoms with Crippen molar-refractivity contribution < 1.29 is 12.3 Å². The summed E-state index contributed by atoms with van der Waals surface area (Å²) in [6, 6.07) is 8.44. The monoisotopic (exact) mass is 410 g/mol. The van der Waals surface area contributed by atoms with E-state index >= 15 is 0 Å². The van der Waals surface area contributed by atoms with E-state index in [2.05, 4.69) is 70.7 Å². The summed E-state index contributed by atoms with van der Waals surface area (Å²) < 4.78 is 0.792. The molecule has 0 unspecified atom stereocenters. The molecular formula is C16H28Cl2NPd-3. The van der Waals surface area contributed by atoms with E-state index < -0.39 is 12.3 Å². The topological polar surface area (TPSA) is 3.24 Å². The number of halogens is 2. The normalized spacial score (nSPS) is 15.6. The fourth-order valence-electron chi connectivity index (χ4n) is 2.17. The molecule has 1 nitrogen and oxygen atoms in total. The van der Waals surface area contributed by atoms with Gasteiger partial charge in [-0.1, -0.05) is 0 Å². The summed E-state index contributed by atoms with van der Waals surface area (Å²) in [5.74, 6) is 0. The Morgan fingerprint density at radius 1 is 0.800 bits per heavy atom. The third kappa shape index (κ3) is 2.54. The first-order valence-electron chi connectivity index (χ1n) is 6.65. The van der Waals surface area contributed by atoms with Crippen LogP contribution in [0, 0.1) is 0 Å². The maximum absolute atomic E-state index is 7.32. The molecule has 0 aromatic heterocycles. The standard InChI is InChI=1S/C8H10N.2C4H9.2ClH.Pd/c1-9(2)8-6-4-3-5-7-8;2*1-4(2)3;;;/h4-7H,1-2H3;2*1-3H3;2*1H;/q;;;;;-1/p-2. The molecule has 0 atom stereocenters. The predicted octanol–water partition coefficient (Wildman–Crippen LogP) is 5.81. The van der Waals surface area contributed by atoms with Crippen LogP contribution in [0.4, 0.5) is 5.69 Å². The number of rotatable bonds is 2. The summed E-state index contributed by atoms with van der Waals surface area (Å²) in [6.45, 7) is 13.0. The van der Waals surface area contributed by atoms with Gasteiger partial charge < -0.3 is 0 Å². The number of nitrogens with zero attached hydrogens (tertiary/aromatic N) is 1. The number of benzene rings is 1. The second-order valence-corrected chi connectivity index (χ2v) is 22.0. The van der Waals surface area contributed by atoms with Crippen molar-refractivity contribution in [2.75, 3.05) is 19.0 Å². The van der Waals surface area contributed by atoms with E-state index in [0.717, 1.165) is 9.72 Å². The average Bonchev–Trinajstić information content (AvgIpc) is 2.26. The first-order chi connectivity index (χ1) is 8.72. The van der Waals surface area contributed by atoms with E-state index in [4.69, 9.17) is 19.1 Å². The van der Waals surface area contributed by atoms with Crippen molar-refractivity contribution >= 4 is 28.8 Å². The van der Waals surface area contributed by atoms with Crippen LogP contribution >= 0.6 is 19.1 Å². The van der Waals surface area contributed by atoms with Crippen LogP contribution in [0.15, 0.2) is 24.3 Å². The minimum absolute atomic E-state index is 0.157. The Kier molecular flexibility index (Phi) is 4.73. The minimum atomic E-state index is -3.58. The van der Waals surface area contributed by atoms with Crippen molar-refractivity contribution in [3.63, 3.8) is 0 Å². The SMILES string of the molecule is CN(C)c1cc[c]([Pd-3]([Cl])([Cl])([C](C)(C)C)[C](C)(C)C)cc1. The first kappa shape index (κ1) is 18.3. The van der Waals surface area contributed by atoms with Gasteiger partial charge in [0.25, 0.3) is 0 Å². The molecule has 0 saturated heterocycles. The molecular weight excluding hydrogens is 384 g/mol. The Bertz CT molecular complexity index is 461. The van der Waals surface area contributed by atoms with Gasteiger partial charge in [0.05, 0.1) is 0 Å². The van der Waals surface area contributed by atoms with Crippen LogP contribution in [0.5, 0.6) is 0 Å². The van der Waals surface area contributed by atoms with Crippen molar-refractivity contribution in [1.82, 2.24) is 0 Å². The van der Waals surface area contributed by atoms with Gasteiger partial charge in [-0.2, -0.15) is 0 Å². The zero-order chi connectivity index (χ0) is 16.0. The Hall–Kier alpha value is 0.262. The number of hydrogen-bond acceptors (Lipinski definition) is 1. The second-order valence-electron chi connectivity index (χ2n) is 6.92. The average molecular weight is 412 g/mol. The molecule has 0 aliphatic heterocycles. The Balaban J connectivity index is 3.57. The van der Waals surface area contributed by atoms with Gasteiger partial charge in [0.1, 0.15) is 0 Å². The molecule has 1 rings (SSSR count). The van der Waals surface area contributed by atoms with Gasteiger partial charge in [-0.15, -0.1) is 0 Å². The summed E-state index contributed by atoms with van der Waals surface area (Å²) in [5.41, 5.74) is 1.16. The molecule has 0 spiro atoms. The molecule has 20 heavy (non-hydrogen) atoms. The molecule has 0 aliphatic rings. The molecule has 0 amide bonds. The van der Waals surface area contributed by atoms with Gasteiger partial charge in [0, 0.05) is 0 Å². The fraction of sp³-hybridized carbons (Fsp3) is 0.625. The Morgan fingerprint density at radius 3 is 1.40 bits per heavy atom. The van der Waals surface area contributed by atoms with Crippen LogP contribution in [0.25, 0.3) is 0 Å². The van der Waals surface area contributed by atoms with E-state index in [1.807, 2.05) is 14.1 Å². The van der Waals surface area contributed by atoms with Crippen molar-refractivity contribution in [3.05, 3.63) is 24.3 Å². The number of hydrogen-bond donors (Lipinski definition) is 0. The van der Waals surface area contributed by atoms with Gasteiger partial charge in [0.15, 0.2) is 0 Å². The molecule has 0 saturated carbocycles. The Labute approximate surface area is 133 Å². The summed E-state index contributed by atoms with van der Waals surface area (Å²) >= 11 is -3.58. The molecule has 1 aromatic carbocycles. The Morgan fingerprint density at radius 2 is 1.15 bits per heavy atom. The van der Waals surface area contributed by atoms with E-state index in [1.54, 1.807) is 0 Å². The summed E-state index contributed by atoms with van der Waals surface area (Å²) in [7, 11) is 18.7. The van der Waals surface area contributed by atoms with E-state index in [0.29, 0.717) is 0 Å². The first-order valence-corrected chi connectivity index (χ1v) is 13.0. The number of anilines is 1. The van der Waals surface area contributed by atoms with Crippen LogP contribution in [0.2, 0.25) is 7.78 Å². The van der Waals surface area contributed by atoms with E-state index in [9.17, 15) is 0 Å². The third-order valence-electron chi connectivity index (χ3n) is 3.31. The molecule has 124 valence electrons. The quantitative estimate of drug-likeness (QED) is 0.555. The molecule has 0 aliphatic carbocycles. The molecule has 1 aromatic rings. The van der Waals surface area contributed by atoms with E-state index in [1.165, 1.54) is 0 Å². The molecule has 0 radical (unpaired) electrons. The molecule has 0 fully saturated rings. The summed E-state index contributed by atoms with van der Waals surface area (Å²) in [6.07, 6.45) is 0. The van der Waals surface area contributed by atoms with Crippen molar-refractivity contribution in [2.45, 2.75) is 49.3 Å². The fourth-order valence-corrected chi connectivity index (χ4v) is 10.5. The van der Waals surface area contributed by atoms with Crippen LogP contribution in [-0.2, 0) is 12.3 Å². The van der Waals surface area contributed by atoms with Gasteiger partial charge in [-0.25, -0.2) is 0 Å². The second kappa shape index (κ2) is 5.17. The van der Waals surface area contributed by atoms with Crippen LogP contribution in [0.1, 0.15) is 41.5 Å². The van der Waals surface area contributed by atoms with Crippen LogP contribution in [-0.4, -0.2) is 14.1 Å². The van der Waals surface area contributed by atoms with Crippen molar-refractivity contribution in [1.29, 1.82) is 0 Å². The van der Waals surface area contributed by atoms with Crippen LogP contribution < -0.4 is 8.94 Å².